The van der Waals surface area contributed by atoms with Gasteiger partial charge in [-0.3, -0.25) is 14.6 Å². The van der Waals surface area contributed by atoms with Gasteiger partial charge in [0.25, 0.3) is 5.91 Å². The van der Waals surface area contributed by atoms with Crippen molar-refractivity contribution in [1.29, 1.82) is 0 Å². The molecular formula is C17H18Cl2N2O2S2. The molecule has 2 saturated heterocycles. The Morgan fingerprint density at radius 1 is 1.20 bits per heavy atom. The standard InChI is InChI=1S/C17H18Cl2N2O2S2/c18-13-3-2-12(10-14(13)19)11-15-16(22)21(17(24)25-15)5-1-4-20-6-8-23-9-7-20/h2-3,10-11H,1,4-9H2. The molecule has 0 N–H and O–H groups in total. The number of ether oxygens (including phenoxy) is 1. The van der Waals surface area contributed by atoms with Gasteiger partial charge in [-0.2, -0.15) is 0 Å². The van der Waals surface area contributed by atoms with Crippen molar-refractivity contribution in [3.05, 3.63) is 38.7 Å². The van der Waals surface area contributed by atoms with Gasteiger partial charge in [-0.1, -0.05) is 53.2 Å². The number of benzene rings is 1. The first-order valence-electron chi connectivity index (χ1n) is 8.05. The van der Waals surface area contributed by atoms with E-state index in [4.69, 9.17) is 40.2 Å². The Bertz CT molecular complexity index is 706. The highest BCUT2D eigenvalue weighted by atomic mass is 35.5. The van der Waals surface area contributed by atoms with Gasteiger partial charge in [-0.15, -0.1) is 0 Å². The first-order chi connectivity index (χ1) is 12.0. The molecule has 25 heavy (non-hydrogen) atoms. The number of thiocarbonyl (C=S) groups is 1. The maximum atomic E-state index is 12.6. The summed E-state index contributed by atoms with van der Waals surface area (Å²) in [4.78, 5) is 17.3. The summed E-state index contributed by atoms with van der Waals surface area (Å²) in [5.74, 6) is -0.0388. The van der Waals surface area contributed by atoms with Crippen molar-refractivity contribution in [2.75, 3.05) is 39.4 Å². The number of hydrogen-bond acceptors (Lipinski definition) is 5. The molecule has 0 radical (unpaired) electrons. The number of morpholine rings is 1. The van der Waals surface area contributed by atoms with Gasteiger partial charge in [0.1, 0.15) is 4.32 Å². The van der Waals surface area contributed by atoms with Crippen LogP contribution in [0.1, 0.15) is 12.0 Å². The Kier molecular flexibility index (Phi) is 6.77. The molecule has 2 heterocycles. The lowest BCUT2D eigenvalue weighted by Crippen LogP contribution is -2.38. The lowest BCUT2D eigenvalue weighted by atomic mass is 10.2. The third-order valence-electron chi connectivity index (χ3n) is 4.07. The fourth-order valence-corrected chi connectivity index (χ4v) is 4.34. The highest BCUT2D eigenvalue weighted by Crippen LogP contribution is 2.33. The van der Waals surface area contributed by atoms with E-state index in [1.54, 1.807) is 17.0 Å². The van der Waals surface area contributed by atoms with Crippen molar-refractivity contribution in [1.82, 2.24) is 9.80 Å². The van der Waals surface area contributed by atoms with Crippen molar-refractivity contribution in [2.45, 2.75) is 6.42 Å². The summed E-state index contributed by atoms with van der Waals surface area (Å²) in [7, 11) is 0. The smallest absolute Gasteiger partial charge is 0.266 e. The molecule has 0 aromatic heterocycles. The van der Waals surface area contributed by atoms with E-state index >= 15 is 0 Å². The van der Waals surface area contributed by atoms with Crippen LogP contribution in [0, 0.1) is 0 Å². The van der Waals surface area contributed by atoms with Crippen LogP contribution in [-0.4, -0.2) is 59.4 Å². The van der Waals surface area contributed by atoms with Crippen molar-refractivity contribution in [3.63, 3.8) is 0 Å². The van der Waals surface area contributed by atoms with Crippen LogP contribution in [0.3, 0.4) is 0 Å². The first-order valence-corrected chi connectivity index (χ1v) is 10.0. The van der Waals surface area contributed by atoms with Gasteiger partial charge >= 0.3 is 0 Å². The molecule has 134 valence electrons. The lowest BCUT2D eigenvalue weighted by molar-refractivity contribution is -0.122. The van der Waals surface area contributed by atoms with Crippen molar-refractivity contribution in [3.8, 4) is 0 Å². The van der Waals surface area contributed by atoms with E-state index in [0.29, 0.717) is 25.8 Å². The molecule has 2 aliphatic heterocycles. The number of carbonyl (C=O) groups excluding carboxylic acids is 1. The molecule has 1 aromatic carbocycles. The van der Waals surface area contributed by atoms with Gasteiger partial charge in [-0.25, -0.2) is 0 Å². The molecule has 3 rings (SSSR count). The van der Waals surface area contributed by atoms with Crippen LogP contribution in [0.15, 0.2) is 23.1 Å². The average molecular weight is 417 g/mol. The van der Waals surface area contributed by atoms with Gasteiger partial charge in [0.05, 0.1) is 28.2 Å². The minimum atomic E-state index is -0.0388. The minimum Gasteiger partial charge on any atom is -0.379 e. The predicted molar refractivity (Wildman–Crippen MR) is 108 cm³/mol. The maximum absolute atomic E-state index is 12.6. The van der Waals surface area contributed by atoms with E-state index in [1.165, 1.54) is 11.8 Å². The van der Waals surface area contributed by atoms with Crippen molar-refractivity contribution in [2.24, 2.45) is 0 Å². The summed E-state index contributed by atoms with van der Waals surface area (Å²) in [6, 6.07) is 5.30. The molecule has 1 amide bonds. The van der Waals surface area contributed by atoms with E-state index in [9.17, 15) is 4.79 Å². The summed E-state index contributed by atoms with van der Waals surface area (Å²) < 4.78 is 5.95. The largest absolute Gasteiger partial charge is 0.379 e. The minimum absolute atomic E-state index is 0.0388. The Hall–Kier alpha value is -0.630. The molecule has 4 nitrogen and oxygen atoms in total. The zero-order chi connectivity index (χ0) is 17.8. The molecule has 1 aromatic rings. The average Bonchev–Trinajstić information content (AvgIpc) is 2.86. The SMILES string of the molecule is O=C1C(=Cc2ccc(Cl)c(Cl)c2)SC(=S)N1CCCN1CCOCC1. The monoisotopic (exact) mass is 416 g/mol. The van der Waals surface area contributed by atoms with Crippen LogP contribution in [0.25, 0.3) is 6.08 Å². The Balaban J connectivity index is 1.59. The molecule has 8 heteroatoms. The second kappa shape index (κ2) is 8.84. The molecule has 0 bridgehead atoms. The van der Waals surface area contributed by atoms with E-state index in [-0.39, 0.29) is 5.91 Å². The Morgan fingerprint density at radius 3 is 2.68 bits per heavy atom. The van der Waals surface area contributed by atoms with Crippen LogP contribution >= 0.6 is 47.2 Å². The second-order valence-electron chi connectivity index (χ2n) is 5.81. The topological polar surface area (TPSA) is 32.8 Å². The third-order valence-corrected chi connectivity index (χ3v) is 6.19. The zero-order valence-electron chi connectivity index (χ0n) is 13.5. The molecular weight excluding hydrogens is 399 g/mol. The van der Waals surface area contributed by atoms with Gasteiger partial charge in [0, 0.05) is 26.2 Å². The normalized spacial score (nSPS) is 20.7. The van der Waals surface area contributed by atoms with E-state index in [0.717, 1.165) is 44.8 Å². The molecule has 0 saturated carbocycles. The van der Waals surface area contributed by atoms with Crippen LogP contribution in [0.5, 0.6) is 0 Å². The Morgan fingerprint density at radius 2 is 1.96 bits per heavy atom. The van der Waals surface area contributed by atoms with Crippen LogP contribution in [0.2, 0.25) is 10.0 Å². The predicted octanol–water partition coefficient (Wildman–Crippen LogP) is 3.92. The fourth-order valence-electron chi connectivity index (χ4n) is 2.72. The highest BCUT2D eigenvalue weighted by molar-refractivity contribution is 8.26. The van der Waals surface area contributed by atoms with Crippen molar-refractivity contribution >= 4 is 63.5 Å². The van der Waals surface area contributed by atoms with Crippen molar-refractivity contribution < 1.29 is 9.53 Å². The number of thioether (sulfide) groups is 1. The van der Waals surface area contributed by atoms with Gasteiger partial charge in [0.15, 0.2) is 0 Å². The first kappa shape index (κ1) is 19.1. The lowest BCUT2D eigenvalue weighted by Gasteiger charge is -2.27. The summed E-state index contributed by atoms with van der Waals surface area (Å²) >= 11 is 18.7. The summed E-state index contributed by atoms with van der Waals surface area (Å²) in [6.07, 6.45) is 2.70. The molecule has 2 aliphatic rings. The van der Waals surface area contributed by atoms with Crippen LogP contribution < -0.4 is 0 Å². The number of halogens is 2. The van der Waals surface area contributed by atoms with E-state index < -0.39 is 0 Å². The van der Waals surface area contributed by atoms with Gasteiger partial charge in [0.2, 0.25) is 0 Å². The maximum Gasteiger partial charge on any atom is 0.266 e. The summed E-state index contributed by atoms with van der Waals surface area (Å²) in [5, 5.41) is 0.964. The van der Waals surface area contributed by atoms with Gasteiger partial charge in [-0.05, 0) is 30.2 Å². The van der Waals surface area contributed by atoms with Crippen LogP contribution in [-0.2, 0) is 9.53 Å². The van der Waals surface area contributed by atoms with Gasteiger partial charge < -0.3 is 4.74 Å². The number of hydrogen-bond donors (Lipinski definition) is 0. The van der Waals surface area contributed by atoms with E-state index in [2.05, 4.69) is 4.90 Å². The van der Waals surface area contributed by atoms with E-state index in [1.807, 2.05) is 12.1 Å². The molecule has 0 unspecified atom stereocenters. The number of amides is 1. The molecule has 0 spiro atoms. The molecule has 2 fully saturated rings. The summed E-state index contributed by atoms with van der Waals surface area (Å²) in [5.41, 5.74) is 0.836. The molecule has 0 atom stereocenters. The summed E-state index contributed by atoms with van der Waals surface area (Å²) in [6.45, 7) is 5.07. The molecule has 0 aliphatic carbocycles. The number of nitrogens with zero attached hydrogens (tertiary/aromatic N) is 2. The quantitative estimate of drug-likeness (QED) is 0.536. The third kappa shape index (κ3) is 4.96. The fraction of sp³-hybridized carbons (Fsp3) is 0.412. The second-order valence-corrected chi connectivity index (χ2v) is 8.30. The zero-order valence-corrected chi connectivity index (χ0v) is 16.7. The van der Waals surface area contributed by atoms with Crippen LogP contribution in [0.4, 0.5) is 0 Å². The number of carbonyl (C=O) groups is 1. The number of rotatable bonds is 5. The Labute approximate surface area is 167 Å². The highest BCUT2D eigenvalue weighted by Gasteiger charge is 2.31.